The number of hydrogen-bond acceptors (Lipinski definition) is 1. The van der Waals surface area contributed by atoms with Crippen LogP contribution in [-0.4, -0.2) is 18.6 Å². The van der Waals surface area contributed by atoms with Crippen molar-refractivity contribution in [3.8, 4) is 0 Å². The first-order valence-electron chi connectivity index (χ1n) is 7.98. The first-order valence-corrected chi connectivity index (χ1v) is 12.2. The molecule has 1 nitrogen and oxygen atoms in total. The van der Waals surface area contributed by atoms with E-state index in [1.165, 1.54) is 50.4 Å². The van der Waals surface area contributed by atoms with E-state index in [1.54, 1.807) is 0 Å². The molecule has 0 saturated heterocycles. The molecule has 1 N–H and O–H groups in total. The number of hydrogen-bond donors (Lipinski definition) is 1. The minimum atomic E-state index is 0. The maximum atomic E-state index is 8.74. The third kappa shape index (κ3) is 9.20. The third-order valence-corrected chi connectivity index (χ3v) is 3.92. The fraction of sp³-hybridized carbons (Fsp3) is 0.130. The standard InChI is InChI=1S/C12H13O.C9H7.2CH3.2ClH.Si.Zr/c13-9-3-5-11-8-7-10-4-1-2-6-12(10)11;1-2-5-9-7-3-6-8(9)4-1;;;;;;/h1-2,4,6-8,13H,3,5,9H2;1-7H;2*1H3;2*1H;;/q4*-1;;;;. The average molecular weight is 511 g/mol. The predicted octanol–water partition coefficient (Wildman–Crippen LogP) is 6.40. The molecule has 0 saturated carbocycles. The molecule has 0 unspecified atom stereocenters. The Balaban J connectivity index is -0.000000375. The number of aliphatic hydroxyl groups excluding tert-OH is 1. The van der Waals surface area contributed by atoms with Crippen LogP contribution in [-0.2, 0) is 29.8 Å². The summed E-state index contributed by atoms with van der Waals surface area (Å²) in [6.07, 6.45) is 1.83. The van der Waals surface area contributed by atoms with Crippen LogP contribution in [0.2, 0.25) is 0 Å². The molecule has 0 spiro atoms. The number of aliphatic hydroxyl groups is 1. The van der Waals surface area contributed by atoms with Crippen molar-refractivity contribution in [1.82, 2.24) is 0 Å². The zero-order valence-corrected chi connectivity index (χ0v) is 21.5. The fourth-order valence-electron chi connectivity index (χ4n) is 2.77. The van der Waals surface area contributed by atoms with Crippen LogP contribution in [0.15, 0.2) is 78.9 Å². The van der Waals surface area contributed by atoms with E-state index < -0.39 is 0 Å². The van der Waals surface area contributed by atoms with E-state index in [9.17, 15) is 0 Å². The van der Waals surface area contributed by atoms with Crippen molar-refractivity contribution in [2.24, 2.45) is 0 Å². The van der Waals surface area contributed by atoms with Crippen molar-refractivity contribution in [3.05, 3.63) is 99.3 Å². The Labute approximate surface area is 199 Å². The van der Waals surface area contributed by atoms with Gasteiger partial charge in [0.25, 0.3) is 0 Å². The second-order valence-corrected chi connectivity index (χ2v) is 5.43. The molecule has 0 aliphatic carbocycles. The molecule has 0 fully saturated rings. The topological polar surface area (TPSA) is 20.2 Å². The van der Waals surface area contributed by atoms with E-state index in [-0.39, 0.29) is 46.3 Å². The number of halogens is 2. The van der Waals surface area contributed by atoms with E-state index in [2.05, 4.69) is 85.7 Å². The molecule has 4 rings (SSSR count). The van der Waals surface area contributed by atoms with Gasteiger partial charge in [-0.3, -0.25) is 0 Å². The number of aryl methyl sites for hydroxylation is 1. The van der Waals surface area contributed by atoms with E-state index in [4.69, 9.17) is 5.11 Å². The van der Waals surface area contributed by atoms with Crippen LogP contribution in [0.25, 0.3) is 21.5 Å². The van der Waals surface area contributed by atoms with Crippen molar-refractivity contribution >= 4 is 53.2 Å². The summed E-state index contributed by atoms with van der Waals surface area (Å²) in [7, 11) is 0. The SMILES string of the molecule is Cl.Cl.OCCCc1c[cH-]c2ccccc12.[CH3-].[CH3-].[Si]=[Zr].c1ccc2[cH-]ccc2c1. The molecule has 0 heterocycles. The third-order valence-electron chi connectivity index (χ3n) is 3.92. The van der Waals surface area contributed by atoms with Gasteiger partial charge in [-0.25, -0.2) is 0 Å². The summed E-state index contributed by atoms with van der Waals surface area (Å²) in [5.74, 6) is 0. The Morgan fingerprint density at radius 3 is 2.07 bits per heavy atom. The van der Waals surface area contributed by atoms with Gasteiger partial charge >= 0.3 is 30.2 Å². The second kappa shape index (κ2) is 18.3. The Kier molecular flexibility index (Phi) is 20.9. The van der Waals surface area contributed by atoms with Gasteiger partial charge in [-0.2, -0.15) is 23.1 Å². The average Bonchev–Trinajstić information content (AvgIpc) is 3.29. The molecule has 0 aliphatic heterocycles. The van der Waals surface area contributed by atoms with Crippen LogP contribution < -0.4 is 0 Å². The van der Waals surface area contributed by atoms with Crippen LogP contribution in [0, 0.1) is 14.9 Å². The predicted molar refractivity (Wildman–Crippen MR) is 128 cm³/mol. The molecular formula is C23H28Cl2OSiZr-4. The maximum absolute atomic E-state index is 8.74. The number of benzene rings is 2. The Hall–Kier alpha value is -0.700. The molecule has 0 bridgehead atoms. The normalized spacial score (nSPS) is 8.43. The molecule has 152 valence electrons. The van der Waals surface area contributed by atoms with Gasteiger partial charge < -0.3 is 20.0 Å². The van der Waals surface area contributed by atoms with Crippen molar-refractivity contribution < 1.29 is 28.4 Å². The zero-order chi connectivity index (χ0) is 17.2. The van der Waals surface area contributed by atoms with Gasteiger partial charge in [0.1, 0.15) is 0 Å². The van der Waals surface area contributed by atoms with Gasteiger partial charge in [0.05, 0.1) is 0 Å². The van der Waals surface area contributed by atoms with E-state index >= 15 is 0 Å². The summed E-state index contributed by atoms with van der Waals surface area (Å²) in [5.41, 5.74) is 1.35. The van der Waals surface area contributed by atoms with Gasteiger partial charge in [-0.1, -0.05) is 18.6 Å². The summed E-state index contributed by atoms with van der Waals surface area (Å²) in [4.78, 5) is 0. The van der Waals surface area contributed by atoms with Crippen LogP contribution in [0.4, 0.5) is 0 Å². The Bertz CT molecular complexity index is 843. The molecule has 0 amide bonds. The van der Waals surface area contributed by atoms with Crippen LogP contribution >= 0.6 is 24.8 Å². The summed E-state index contributed by atoms with van der Waals surface area (Å²) in [6, 6.07) is 27.3. The van der Waals surface area contributed by atoms with E-state index in [1.807, 2.05) is 0 Å². The fourth-order valence-corrected chi connectivity index (χ4v) is 2.77. The molecule has 0 aliphatic rings. The molecule has 28 heavy (non-hydrogen) atoms. The molecule has 0 atom stereocenters. The monoisotopic (exact) mass is 508 g/mol. The molecule has 2 radical (unpaired) electrons. The summed E-state index contributed by atoms with van der Waals surface area (Å²) in [5, 5.41) is 14.0. The van der Waals surface area contributed by atoms with Gasteiger partial charge in [-0.05, 0) is 6.42 Å². The van der Waals surface area contributed by atoms with E-state index in [0.29, 0.717) is 0 Å². The summed E-state index contributed by atoms with van der Waals surface area (Å²) >= 11 is 1.36. The number of rotatable bonds is 3. The first kappa shape index (κ1) is 32.0. The second-order valence-electron chi connectivity index (χ2n) is 5.43. The smallest absolute Gasteiger partial charge is 0.0809 e. The first-order chi connectivity index (χ1) is 11.9. The van der Waals surface area contributed by atoms with Gasteiger partial charge in [0.15, 0.2) is 0 Å². The van der Waals surface area contributed by atoms with Crippen molar-refractivity contribution in [2.75, 3.05) is 6.61 Å². The Morgan fingerprint density at radius 1 is 0.821 bits per heavy atom. The number of fused-ring (bicyclic) bond motifs is 2. The van der Waals surface area contributed by atoms with Crippen molar-refractivity contribution in [3.63, 3.8) is 0 Å². The van der Waals surface area contributed by atoms with Gasteiger partial charge in [0, 0.05) is 6.61 Å². The van der Waals surface area contributed by atoms with Crippen LogP contribution in [0.5, 0.6) is 0 Å². The van der Waals surface area contributed by atoms with Crippen LogP contribution in [0.3, 0.4) is 0 Å². The van der Waals surface area contributed by atoms with Gasteiger partial charge in [0.2, 0.25) is 0 Å². The van der Waals surface area contributed by atoms with E-state index in [0.717, 1.165) is 12.8 Å². The summed E-state index contributed by atoms with van der Waals surface area (Å²) < 4.78 is 0. The van der Waals surface area contributed by atoms with Gasteiger partial charge in [-0.15, -0.1) is 95.6 Å². The maximum Gasteiger partial charge on any atom is -0.0809 e. The molecule has 4 aromatic carbocycles. The Morgan fingerprint density at radius 2 is 1.43 bits per heavy atom. The molecular weight excluding hydrogens is 482 g/mol. The quantitative estimate of drug-likeness (QED) is 0.250. The minimum absolute atomic E-state index is 0. The largest absolute Gasteiger partial charge is 0.168 e. The van der Waals surface area contributed by atoms with Crippen molar-refractivity contribution in [1.29, 1.82) is 0 Å². The molecule has 4 aromatic rings. The molecule has 5 heteroatoms. The molecule has 0 aromatic heterocycles. The zero-order valence-electron chi connectivity index (χ0n) is 16.4. The van der Waals surface area contributed by atoms with Crippen molar-refractivity contribution in [2.45, 2.75) is 12.8 Å². The van der Waals surface area contributed by atoms with Crippen LogP contribution in [0.1, 0.15) is 12.0 Å². The summed E-state index contributed by atoms with van der Waals surface area (Å²) in [6.45, 7) is 3.34. The minimum Gasteiger partial charge on any atom is -0.168 e.